The molecule has 2 aromatic carbocycles. The Labute approximate surface area is 196 Å². The number of rotatable bonds is 12. The van der Waals surface area contributed by atoms with Gasteiger partial charge < -0.3 is 25.8 Å². The molecular formula is C25H35N5O3. The zero-order chi connectivity index (χ0) is 24.2. The van der Waals surface area contributed by atoms with Gasteiger partial charge in [0.1, 0.15) is 0 Å². The molecule has 0 fully saturated rings. The molecule has 178 valence electrons. The highest BCUT2D eigenvalue weighted by Crippen LogP contribution is 2.17. The molecule has 0 saturated heterocycles. The van der Waals surface area contributed by atoms with Crippen LogP contribution in [0.15, 0.2) is 48.5 Å². The third-order valence-electron chi connectivity index (χ3n) is 4.89. The highest BCUT2D eigenvalue weighted by atomic mass is 16.2. The summed E-state index contributed by atoms with van der Waals surface area (Å²) < 4.78 is 0. The quantitative estimate of drug-likeness (QED) is 0.430. The predicted molar refractivity (Wildman–Crippen MR) is 133 cm³/mol. The standard InChI is InChI=1S/C25H35N5O3/c1-29(2)16-6-10-23(31)27-21-8-5-9-22(18-21)28-25(33)20-13-11-19(12-14-20)24(32)26-15-7-17-30(3)4/h5,8-9,11-14,18H,6-7,10,15-17H2,1-4H3,(H,26,32)(H,27,31)(H,28,33). The first-order valence-corrected chi connectivity index (χ1v) is 11.1. The second kappa shape index (κ2) is 13.3. The van der Waals surface area contributed by atoms with Crippen molar-refractivity contribution in [3.8, 4) is 0 Å². The Kier molecular flexibility index (Phi) is 10.5. The summed E-state index contributed by atoms with van der Waals surface area (Å²) >= 11 is 0. The molecule has 0 unspecified atom stereocenters. The molecular weight excluding hydrogens is 418 g/mol. The number of hydrogen-bond acceptors (Lipinski definition) is 5. The molecule has 0 aromatic heterocycles. The van der Waals surface area contributed by atoms with Crippen molar-refractivity contribution in [2.45, 2.75) is 19.3 Å². The summed E-state index contributed by atoms with van der Waals surface area (Å²) in [6.07, 6.45) is 2.08. The first kappa shape index (κ1) is 26.0. The van der Waals surface area contributed by atoms with E-state index in [1.807, 2.05) is 33.1 Å². The van der Waals surface area contributed by atoms with E-state index < -0.39 is 0 Å². The van der Waals surface area contributed by atoms with E-state index in [-0.39, 0.29) is 17.7 Å². The zero-order valence-electron chi connectivity index (χ0n) is 20.0. The number of benzene rings is 2. The van der Waals surface area contributed by atoms with Crippen LogP contribution in [-0.4, -0.2) is 75.3 Å². The zero-order valence-corrected chi connectivity index (χ0v) is 20.0. The fraction of sp³-hybridized carbons (Fsp3) is 0.400. The van der Waals surface area contributed by atoms with Crippen LogP contribution in [0.3, 0.4) is 0 Å². The van der Waals surface area contributed by atoms with E-state index in [4.69, 9.17) is 0 Å². The maximum absolute atomic E-state index is 12.6. The van der Waals surface area contributed by atoms with Crippen LogP contribution in [0.25, 0.3) is 0 Å². The molecule has 8 nitrogen and oxygen atoms in total. The minimum Gasteiger partial charge on any atom is -0.352 e. The molecule has 0 aliphatic heterocycles. The molecule has 0 radical (unpaired) electrons. The number of nitrogens with zero attached hydrogens (tertiary/aromatic N) is 2. The predicted octanol–water partition coefficient (Wildman–Crippen LogP) is 2.90. The third-order valence-corrected chi connectivity index (χ3v) is 4.89. The Bertz CT molecular complexity index is 926. The summed E-state index contributed by atoms with van der Waals surface area (Å²) in [7, 11) is 7.93. The molecule has 0 spiro atoms. The molecule has 0 atom stereocenters. The molecule has 0 heterocycles. The Hall–Kier alpha value is -3.23. The van der Waals surface area contributed by atoms with Gasteiger partial charge in [-0.3, -0.25) is 14.4 Å². The van der Waals surface area contributed by atoms with E-state index in [1.54, 1.807) is 48.5 Å². The van der Waals surface area contributed by atoms with Crippen molar-refractivity contribution >= 4 is 29.1 Å². The van der Waals surface area contributed by atoms with Gasteiger partial charge in [-0.25, -0.2) is 0 Å². The molecule has 0 aliphatic carbocycles. The molecule has 33 heavy (non-hydrogen) atoms. The van der Waals surface area contributed by atoms with Crippen molar-refractivity contribution in [3.63, 3.8) is 0 Å². The summed E-state index contributed by atoms with van der Waals surface area (Å²) in [5.74, 6) is -0.506. The Balaban J connectivity index is 1.87. The lowest BCUT2D eigenvalue weighted by molar-refractivity contribution is -0.116. The fourth-order valence-electron chi connectivity index (χ4n) is 3.13. The van der Waals surface area contributed by atoms with Crippen LogP contribution in [0.2, 0.25) is 0 Å². The highest BCUT2D eigenvalue weighted by Gasteiger charge is 2.10. The molecule has 0 aliphatic rings. The van der Waals surface area contributed by atoms with Gasteiger partial charge in [0.15, 0.2) is 0 Å². The molecule has 3 N–H and O–H groups in total. The highest BCUT2D eigenvalue weighted by molar-refractivity contribution is 6.05. The molecule has 0 saturated carbocycles. The second-order valence-corrected chi connectivity index (χ2v) is 8.48. The first-order chi connectivity index (χ1) is 15.7. The van der Waals surface area contributed by atoms with Crippen molar-refractivity contribution in [1.82, 2.24) is 15.1 Å². The van der Waals surface area contributed by atoms with Crippen LogP contribution in [0.5, 0.6) is 0 Å². The average molecular weight is 454 g/mol. The van der Waals surface area contributed by atoms with Gasteiger partial charge in [-0.05, 0) is 96.6 Å². The van der Waals surface area contributed by atoms with Crippen molar-refractivity contribution in [1.29, 1.82) is 0 Å². The van der Waals surface area contributed by atoms with Gasteiger partial charge in [0.05, 0.1) is 0 Å². The maximum Gasteiger partial charge on any atom is 0.255 e. The van der Waals surface area contributed by atoms with E-state index in [1.165, 1.54) is 0 Å². The van der Waals surface area contributed by atoms with Crippen molar-refractivity contribution in [2.75, 3.05) is 58.5 Å². The number of amides is 3. The number of nitrogens with one attached hydrogen (secondary N) is 3. The summed E-state index contributed by atoms with van der Waals surface area (Å²) in [5.41, 5.74) is 2.16. The third kappa shape index (κ3) is 9.84. The monoisotopic (exact) mass is 453 g/mol. The lowest BCUT2D eigenvalue weighted by Crippen LogP contribution is -2.27. The Morgan fingerprint density at radius 2 is 1.27 bits per heavy atom. The number of hydrogen-bond donors (Lipinski definition) is 3. The number of anilines is 2. The van der Waals surface area contributed by atoms with Crippen LogP contribution in [0.4, 0.5) is 11.4 Å². The molecule has 2 aromatic rings. The van der Waals surface area contributed by atoms with Gasteiger partial charge in [-0.2, -0.15) is 0 Å². The topological polar surface area (TPSA) is 93.8 Å². The smallest absolute Gasteiger partial charge is 0.255 e. The maximum atomic E-state index is 12.6. The van der Waals surface area contributed by atoms with Crippen molar-refractivity contribution in [2.24, 2.45) is 0 Å². The van der Waals surface area contributed by atoms with Gasteiger partial charge in [-0.15, -0.1) is 0 Å². The van der Waals surface area contributed by atoms with E-state index in [2.05, 4.69) is 20.9 Å². The van der Waals surface area contributed by atoms with E-state index in [0.717, 1.165) is 25.9 Å². The number of carbonyl (C=O) groups is 3. The van der Waals surface area contributed by atoms with Gasteiger partial charge in [0, 0.05) is 35.5 Å². The summed E-state index contributed by atoms with van der Waals surface area (Å²) in [6, 6.07) is 13.6. The largest absolute Gasteiger partial charge is 0.352 e. The first-order valence-electron chi connectivity index (χ1n) is 11.1. The average Bonchev–Trinajstić information content (AvgIpc) is 2.76. The van der Waals surface area contributed by atoms with Crippen LogP contribution < -0.4 is 16.0 Å². The minimum atomic E-state index is -0.289. The van der Waals surface area contributed by atoms with Gasteiger partial charge in [0.2, 0.25) is 5.91 Å². The SMILES string of the molecule is CN(C)CCCNC(=O)c1ccc(C(=O)Nc2cccc(NC(=O)CCCN(C)C)c2)cc1. The van der Waals surface area contributed by atoms with E-state index in [0.29, 0.717) is 35.5 Å². The van der Waals surface area contributed by atoms with Crippen molar-refractivity contribution in [3.05, 3.63) is 59.7 Å². The Morgan fingerprint density at radius 1 is 0.727 bits per heavy atom. The van der Waals surface area contributed by atoms with Crippen LogP contribution in [0, 0.1) is 0 Å². The fourth-order valence-corrected chi connectivity index (χ4v) is 3.13. The molecule has 0 bridgehead atoms. The summed E-state index contributed by atoms with van der Waals surface area (Å²) in [6.45, 7) is 2.35. The molecule has 2 rings (SSSR count). The van der Waals surface area contributed by atoms with Crippen LogP contribution in [-0.2, 0) is 4.79 Å². The number of carbonyl (C=O) groups excluding carboxylic acids is 3. The lowest BCUT2D eigenvalue weighted by atomic mass is 10.1. The van der Waals surface area contributed by atoms with E-state index in [9.17, 15) is 14.4 Å². The van der Waals surface area contributed by atoms with Gasteiger partial charge in [0.25, 0.3) is 11.8 Å². The molecule has 8 heteroatoms. The van der Waals surface area contributed by atoms with E-state index >= 15 is 0 Å². The van der Waals surface area contributed by atoms with Crippen LogP contribution >= 0.6 is 0 Å². The van der Waals surface area contributed by atoms with Crippen LogP contribution in [0.1, 0.15) is 40.0 Å². The lowest BCUT2D eigenvalue weighted by Gasteiger charge is -2.11. The normalized spacial score (nSPS) is 10.8. The summed E-state index contributed by atoms with van der Waals surface area (Å²) in [4.78, 5) is 41.0. The van der Waals surface area contributed by atoms with Crippen molar-refractivity contribution < 1.29 is 14.4 Å². The van der Waals surface area contributed by atoms with Gasteiger partial charge >= 0.3 is 0 Å². The molecule has 3 amide bonds. The Morgan fingerprint density at radius 3 is 1.88 bits per heavy atom. The second-order valence-electron chi connectivity index (χ2n) is 8.48. The minimum absolute atomic E-state index is 0.0593. The van der Waals surface area contributed by atoms with Gasteiger partial charge in [-0.1, -0.05) is 6.07 Å². The summed E-state index contributed by atoms with van der Waals surface area (Å²) in [5, 5.41) is 8.57.